The molecule has 1 amide bonds. The fourth-order valence-electron chi connectivity index (χ4n) is 3.82. The third-order valence-corrected chi connectivity index (χ3v) is 5.41. The van der Waals surface area contributed by atoms with E-state index in [9.17, 15) is 4.79 Å². The lowest BCUT2D eigenvalue weighted by atomic mass is 9.91. The third kappa shape index (κ3) is 2.89. The molecule has 120 valence electrons. The zero-order valence-corrected chi connectivity index (χ0v) is 13.9. The van der Waals surface area contributed by atoms with Crippen LogP contribution < -0.4 is 10.6 Å². The van der Waals surface area contributed by atoms with E-state index in [-0.39, 0.29) is 23.3 Å². The maximum atomic E-state index is 12.7. The van der Waals surface area contributed by atoms with Gasteiger partial charge in [0.05, 0.1) is 11.7 Å². The number of nitrogens with one attached hydrogen (secondary N) is 2. The summed E-state index contributed by atoms with van der Waals surface area (Å²) < 4.78 is 0. The minimum Gasteiger partial charge on any atom is -0.347 e. The maximum absolute atomic E-state index is 12.7. The molecule has 2 heterocycles. The molecule has 1 saturated carbocycles. The molecule has 4 nitrogen and oxygen atoms in total. The Kier molecular flexibility index (Phi) is 4.22. The lowest BCUT2D eigenvalue weighted by molar-refractivity contribution is -0.124. The zero-order chi connectivity index (χ0) is 15.7. The molecule has 0 radical (unpaired) electrons. The first-order valence-electron chi connectivity index (χ1n) is 8.46. The fraction of sp³-hybridized carbons (Fsp3) is 0.667. The van der Waals surface area contributed by atoms with Gasteiger partial charge in [-0.1, -0.05) is 19.9 Å². The highest BCUT2D eigenvalue weighted by atomic mass is 16.2. The van der Waals surface area contributed by atoms with Gasteiger partial charge in [0.15, 0.2) is 0 Å². The number of carbonyl (C=O) groups excluding carboxylic acids is 1. The van der Waals surface area contributed by atoms with Crippen molar-refractivity contribution in [3.8, 4) is 0 Å². The minimum atomic E-state index is 0.00747. The van der Waals surface area contributed by atoms with Gasteiger partial charge in [-0.25, -0.2) is 0 Å². The summed E-state index contributed by atoms with van der Waals surface area (Å²) in [6, 6.07) is 4.02. The first-order valence-corrected chi connectivity index (χ1v) is 8.46. The second-order valence-electron chi connectivity index (χ2n) is 7.30. The lowest BCUT2D eigenvalue weighted by Gasteiger charge is -2.26. The molecule has 2 atom stereocenters. The van der Waals surface area contributed by atoms with Crippen LogP contribution in [-0.2, 0) is 4.79 Å². The van der Waals surface area contributed by atoms with Crippen molar-refractivity contribution >= 4 is 5.91 Å². The lowest BCUT2D eigenvalue weighted by Crippen LogP contribution is -2.37. The van der Waals surface area contributed by atoms with Crippen LogP contribution >= 0.6 is 0 Å². The van der Waals surface area contributed by atoms with Crippen molar-refractivity contribution in [2.75, 3.05) is 13.1 Å². The Hall–Kier alpha value is -1.42. The summed E-state index contributed by atoms with van der Waals surface area (Å²) in [5.74, 6) is 0.769. The quantitative estimate of drug-likeness (QED) is 0.899. The van der Waals surface area contributed by atoms with Crippen molar-refractivity contribution in [1.29, 1.82) is 0 Å². The predicted molar refractivity (Wildman–Crippen MR) is 87.3 cm³/mol. The van der Waals surface area contributed by atoms with Gasteiger partial charge in [-0.2, -0.15) is 0 Å². The Balaban J connectivity index is 1.70. The van der Waals surface area contributed by atoms with E-state index in [1.165, 1.54) is 0 Å². The van der Waals surface area contributed by atoms with E-state index in [1.807, 2.05) is 12.3 Å². The van der Waals surface area contributed by atoms with Crippen molar-refractivity contribution in [2.24, 2.45) is 17.3 Å². The van der Waals surface area contributed by atoms with E-state index in [0.717, 1.165) is 43.6 Å². The van der Waals surface area contributed by atoms with Crippen LogP contribution in [0.5, 0.6) is 0 Å². The summed E-state index contributed by atoms with van der Waals surface area (Å²) in [6.07, 6.45) is 5.15. The Morgan fingerprint density at radius 3 is 2.77 bits per heavy atom. The first-order chi connectivity index (χ1) is 10.5. The van der Waals surface area contributed by atoms with Gasteiger partial charge in [0.2, 0.25) is 5.91 Å². The second kappa shape index (κ2) is 5.99. The predicted octanol–water partition coefficient (Wildman–Crippen LogP) is 2.59. The highest BCUT2D eigenvalue weighted by Crippen LogP contribution is 2.58. The van der Waals surface area contributed by atoms with Crippen molar-refractivity contribution in [2.45, 2.75) is 46.1 Å². The van der Waals surface area contributed by atoms with E-state index in [4.69, 9.17) is 0 Å². The topological polar surface area (TPSA) is 54.0 Å². The van der Waals surface area contributed by atoms with Gasteiger partial charge in [-0.3, -0.25) is 9.78 Å². The van der Waals surface area contributed by atoms with Crippen LogP contribution in [0.3, 0.4) is 0 Å². The van der Waals surface area contributed by atoms with Gasteiger partial charge in [0.25, 0.3) is 0 Å². The molecule has 0 bridgehead atoms. The van der Waals surface area contributed by atoms with Crippen LogP contribution in [0.25, 0.3) is 0 Å². The average Bonchev–Trinajstić information content (AvgIpc) is 3.19. The Bertz CT molecular complexity index is 549. The van der Waals surface area contributed by atoms with E-state index in [0.29, 0.717) is 5.92 Å². The Morgan fingerprint density at radius 2 is 2.14 bits per heavy atom. The number of carbonyl (C=O) groups is 1. The largest absolute Gasteiger partial charge is 0.347 e. The monoisotopic (exact) mass is 301 g/mol. The molecule has 1 spiro atoms. The first kappa shape index (κ1) is 15.5. The van der Waals surface area contributed by atoms with Gasteiger partial charge in [-0.15, -0.1) is 0 Å². The smallest absolute Gasteiger partial charge is 0.224 e. The average molecular weight is 301 g/mol. The van der Waals surface area contributed by atoms with E-state index < -0.39 is 0 Å². The molecule has 2 aliphatic rings. The van der Waals surface area contributed by atoms with Crippen LogP contribution in [0.2, 0.25) is 0 Å². The molecule has 4 heteroatoms. The number of aromatic nitrogens is 1. The van der Waals surface area contributed by atoms with Gasteiger partial charge in [-0.05, 0) is 62.2 Å². The normalized spacial score (nSPS) is 24.3. The standard InChI is InChI=1S/C18H27N3O/c1-12(2)15(16-13(3)5-4-8-20-16)21-17(22)14-11-18(14)6-9-19-10-7-18/h4-5,8,12,14-15,19H,6-7,9-11H2,1-3H3,(H,21,22). The van der Waals surface area contributed by atoms with Crippen molar-refractivity contribution in [1.82, 2.24) is 15.6 Å². The minimum absolute atomic E-state index is 0.00747. The SMILES string of the molecule is Cc1cccnc1C(NC(=O)C1CC12CCNCC2)C(C)C. The molecule has 22 heavy (non-hydrogen) atoms. The number of piperidine rings is 1. The molecule has 2 unspecified atom stereocenters. The Labute approximate surface area is 133 Å². The molecule has 2 N–H and O–H groups in total. The number of amides is 1. The molecule has 2 fully saturated rings. The summed E-state index contributed by atoms with van der Waals surface area (Å²) in [7, 11) is 0. The summed E-state index contributed by atoms with van der Waals surface area (Å²) in [5.41, 5.74) is 2.44. The van der Waals surface area contributed by atoms with Gasteiger partial charge in [0, 0.05) is 12.1 Å². The molecule has 1 aliphatic carbocycles. The number of hydrogen-bond acceptors (Lipinski definition) is 3. The third-order valence-electron chi connectivity index (χ3n) is 5.41. The zero-order valence-electron chi connectivity index (χ0n) is 13.9. The van der Waals surface area contributed by atoms with Gasteiger partial charge in [0.1, 0.15) is 0 Å². The molecule has 3 rings (SSSR count). The van der Waals surface area contributed by atoms with Crippen LogP contribution in [0, 0.1) is 24.2 Å². The number of hydrogen-bond donors (Lipinski definition) is 2. The van der Waals surface area contributed by atoms with Crippen LogP contribution in [0.4, 0.5) is 0 Å². The molecule has 1 aliphatic heterocycles. The van der Waals surface area contributed by atoms with E-state index >= 15 is 0 Å². The molecular weight excluding hydrogens is 274 g/mol. The van der Waals surface area contributed by atoms with E-state index in [2.05, 4.69) is 42.5 Å². The number of aryl methyl sites for hydroxylation is 1. The highest BCUT2D eigenvalue weighted by molar-refractivity contribution is 5.83. The highest BCUT2D eigenvalue weighted by Gasteiger charge is 2.57. The summed E-state index contributed by atoms with van der Waals surface area (Å²) in [5, 5.41) is 6.68. The van der Waals surface area contributed by atoms with Crippen LogP contribution in [0.1, 0.15) is 50.4 Å². The van der Waals surface area contributed by atoms with Crippen LogP contribution in [-0.4, -0.2) is 24.0 Å². The van der Waals surface area contributed by atoms with Crippen molar-refractivity contribution in [3.05, 3.63) is 29.6 Å². The van der Waals surface area contributed by atoms with Gasteiger partial charge >= 0.3 is 0 Å². The van der Waals surface area contributed by atoms with E-state index in [1.54, 1.807) is 0 Å². The number of rotatable bonds is 4. The summed E-state index contributed by atoms with van der Waals surface area (Å²) >= 11 is 0. The fourth-order valence-corrected chi connectivity index (χ4v) is 3.82. The van der Waals surface area contributed by atoms with Crippen molar-refractivity contribution < 1.29 is 4.79 Å². The van der Waals surface area contributed by atoms with Gasteiger partial charge < -0.3 is 10.6 Å². The molecule has 1 aromatic rings. The maximum Gasteiger partial charge on any atom is 0.224 e. The van der Waals surface area contributed by atoms with Crippen molar-refractivity contribution in [3.63, 3.8) is 0 Å². The molecule has 1 aromatic heterocycles. The van der Waals surface area contributed by atoms with Crippen LogP contribution in [0.15, 0.2) is 18.3 Å². The molecular formula is C18H27N3O. The second-order valence-corrected chi connectivity index (χ2v) is 7.30. The Morgan fingerprint density at radius 1 is 1.41 bits per heavy atom. The summed E-state index contributed by atoms with van der Waals surface area (Å²) in [6.45, 7) is 8.46. The number of nitrogens with zero attached hydrogens (tertiary/aromatic N) is 1. The molecule has 1 saturated heterocycles. The number of pyridine rings is 1. The molecule has 0 aromatic carbocycles. The summed E-state index contributed by atoms with van der Waals surface area (Å²) in [4.78, 5) is 17.2.